The largest absolute Gasteiger partial charge is 0.458 e. The molecule has 0 radical (unpaired) electrons. The highest BCUT2D eigenvalue weighted by Crippen LogP contribution is 2.52. The van der Waals surface area contributed by atoms with Crippen molar-refractivity contribution in [2.24, 2.45) is 0 Å². The van der Waals surface area contributed by atoms with E-state index in [9.17, 15) is 0 Å². The van der Waals surface area contributed by atoms with Crippen LogP contribution < -0.4 is 62.0 Å². The Morgan fingerprint density at radius 1 is 0.239 bits per heavy atom. The van der Waals surface area contributed by atoms with Crippen LogP contribution >= 0.6 is 0 Å². The Morgan fingerprint density at radius 3 is 1.11 bits per heavy atom. The fourth-order valence-corrected chi connectivity index (χ4v) is 15.0. The summed E-state index contributed by atoms with van der Waals surface area (Å²) in [7, 11) is 0. The van der Waals surface area contributed by atoms with Crippen molar-refractivity contribution >= 4 is 132 Å². The van der Waals surface area contributed by atoms with Crippen LogP contribution in [-0.4, -0.2) is 13.4 Å². The maximum absolute atomic E-state index is 7.36. The number of hydrogen-bond acceptors (Lipinski definition) is 6. The first-order valence-electron chi connectivity index (χ1n) is 31.6. The molecule has 14 aromatic rings. The second-order valence-corrected chi connectivity index (χ2v) is 23.9. The van der Waals surface area contributed by atoms with Crippen LogP contribution in [0.4, 0.5) is 85.3 Å². The Bertz CT molecular complexity index is 5120. The standard InChI is InChI=1S/C84H57B2N5O/c1-8-30-58(31-9-1)67-44-22-26-48-73(67)87(60-34-12-3-13-35-60)65-52-78-83-79(53-65)90(63-40-18-6-19-41-63)76-57-77-72(56-71(76)85(83)69-46-24-28-50-75(69)89(78)62-38-16-5-17-39-62)86-70-47-25-29-51-81(70)92-82-55-66(54-80(84(82)86)91(77)64-42-20-7-21-43-64)88(61-36-14-4-15-37-61)74-49-27-23-45-68(74)59-32-10-2-11-33-59/h1-57H. The monoisotopic (exact) mass is 1170 g/mol. The number of fused-ring (bicyclic) bond motifs is 8. The second kappa shape index (κ2) is 21.9. The summed E-state index contributed by atoms with van der Waals surface area (Å²) in [6, 6.07) is 126. The SMILES string of the molecule is c1ccc(-c2ccccc2N(c2ccccc2)c2cc3c4c(c2)N(c2ccccc2)c2cc5c(cc2B4c2ccccc2O3)B2c3ccccc3N(c3ccccc3)c3cc(N(c4ccccc4)c4ccccc4-c4ccccc4)cc(c32)N5c2ccccc2)cc1. The summed E-state index contributed by atoms with van der Waals surface area (Å²) in [6.07, 6.45) is 0. The van der Waals surface area contributed by atoms with Crippen LogP contribution in [0.1, 0.15) is 0 Å². The molecule has 0 atom stereocenters. The van der Waals surface area contributed by atoms with Crippen LogP contribution in [0.2, 0.25) is 0 Å². The van der Waals surface area contributed by atoms with Crippen LogP contribution in [0.25, 0.3) is 22.3 Å². The molecule has 0 aliphatic carbocycles. The van der Waals surface area contributed by atoms with Crippen molar-refractivity contribution in [2.75, 3.05) is 24.5 Å². The summed E-state index contributed by atoms with van der Waals surface area (Å²) < 4.78 is 7.36. The molecular weight excluding hydrogens is 1120 g/mol. The fourth-order valence-electron chi connectivity index (χ4n) is 15.0. The molecule has 14 aromatic carbocycles. The van der Waals surface area contributed by atoms with Gasteiger partial charge in [0.15, 0.2) is 0 Å². The third-order valence-electron chi connectivity index (χ3n) is 18.8. The normalized spacial score (nSPS) is 12.8. The van der Waals surface area contributed by atoms with E-state index in [0.717, 1.165) is 130 Å². The van der Waals surface area contributed by atoms with Crippen molar-refractivity contribution in [1.29, 1.82) is 0 Å². The molecule has 8 heteroatoms. The van der Waals surface area contributed by atoms with Gasteiger partial charge in [-0.2, -0.15) is 0 Å². The highest BCUT2D eigenvalue weighted by Gasteiger charge is 2.48. The summed E-state index contributed by atoms with van der Waals surface area (Å²) in [5.41, 5.74) is 27.8. The van der Waals surface area contributed by atoms with E-state index in [4.69, 9.17) is 4.74 Å². The first-order chi connectivity index (χ1) is 45.7. The predicted molar refractivity (Wildman–Crippen MR) is 387 cm³/mol. The third-order valence-corrected chi connectivity index (χ3v) is 18.8. The highest BCUT2D eigenvalue weighted by molar-refractivity contribution is 7.02. The third kappa shape index (κ3) is 8.59. The van der Waals surface area contributed by atoms with Gasteiger partial charge in [-0.3, -0.25) is 0 Å². The van der Waals surface area contributed by atoms with Gasteiger partial charge in [-0.15, -0.1) is 0 Å². The average Bonchev–Trinajstić information content (AvgIpc) is 0.689. The van der Waals surface area contributed by atoms with Gasteiger partial charge in [0.2, 0.25) is 0 Å². The minimum atomic E-state index is -0.196. The first-order valence-corrected chi connectivity index (χ1v) is 31.6. The van der Waals surface area contributed by atoms with Crippen molar-refractivity contribution in [3.63, 3.8) is 0 Å². The van der Waals surface area contributed by atoms with Crippen LogP contribution in [0.5, 0.6) is 11.5 Å². The molecule has 430 valence electrons. The Balaban J connectivity index is 0.934. The molecule has 0 N–H and O–H groups in total. The lowest BCUT2D eigenvalue weighted by molar-refractivity contribution is 0.487. The first kappa shape index (κ1) is 53.1. The van der Waals surface area contributed by atoms with Crippen molar-refractivity contribution in [1.82, 2.24) is 0 Å². The molecule has 4 heterocycles. The molecule has 92 heavy (non-hydrogen) atoms. The van der Waals surface area contributed by atoms with Crippen LogP contribution in [-0.2, 0) is 0 Å². The molecule has 0 saturated heterocycles. The lowest BCUT2D eigenvalue weighted by Gasteiger charge is -2.46. The molecule has 6 nitrogen and oxygen atoms in total. The van der Waals surface area contributed by atoms with Crippen molar-refractivity contribution in [2.45, 2.75) is 0 Å². The molecule has 0 amide bonds. The zero-order chi connectivity index (χ0) is 60.6. The van der Waals surface area contributed by atoms with E-state index in [1.807, 2.05) is 0 Å². The number of benzene rings is 14. The van der Waals surface area contributed by atoms with Gasteiger partial charge in [-0.05, 0) is 153 Å². The van der Waals surface area contributed by atoms with Crippen LogP contribution in [0.15, 0.2) is 346 Å². The van der Waals surface area contributed by atoms with E-state index in [1.165, 1.54) is 21.9 Å². The van der Waals surface area contributed by atoms with Gasteiger partial charge < -0.3 is 29.2 Å². The molecule has 0 aromatic heterocycles. The topological polar surface area (TPSA) is 25.4 Å². The molecule has 0 saturated carbocycles. The average molecular weight is 1170 g/mol. The quantitative estimate of drug-likeness (QED) is 0.120. The molecule has 0 fully saturated rings. The molecule has 0 spiro atoms. The van der Waals surface area contributed by atoms with Gasteiger partial charge in [-0.1, -0.05) is 231 Å². The van der Waals surface area contributed by atoms with Crippen molar-refractivity contribution in [3.8, 4) is 33.8 Å². The summed E-state index contributed by atoms with van der Waals surface area (Å²) in [4.78, 5) is 12.5. The summed E-state index contributed by atoms with van der Waals surface area (Å²) in [5.74, 6) is 1.68. The number of para-hydroxylation sites is 9. The summed E-state index contributed by atoms with van der Waals surface area (Å²) in [5, 5.41) is 0. The second-order valence-electron chi connectivity index (χ2n) is 23.9. The predicted octanol–water partition coefficient (Wildman–Crippen LogP) is 18.4. The minimum Gasteiger partial charge on any atom is -0.458 e. The zero-order valence-corrected chi connectivity index (χ0v) is 50.2. The number of anilines is 15. The number of hydrogen-bond donors (Lipinski definition) is 0. The Labute approximate surface area is 537 Å². The van der Waals surface area contributed by atoms with Gasteiger partial charge in [-0.25, -0.2) is 0 Å². The van der Waals surface area contributed by atoms with E-state index in [2.05, 4.69) is 370 Å². The summed E-state index contributed by atoms with van der Waals surface area (Å²) >= 11 is 0. The molecule has 0 bridgehead atoms. The van der Waals surface area contributed by atoms with Gasteiger partial charge in [0.05, 0.1) is 22.7 Å². The maximum Gasteiger partial charge on any atom is 0.256 e. The van der Waals surface area contributed by atoms with Crippen molar-refractivity contribution < 1.29 is 4.74 Å². The smallest absolute Gasteiger partial charge is 0.256 e. The lowest BCUT2D eigenvalue weighted by Crippen LogP contribution is -2.64. The summed E-state index contributed by atoms with van der Waals surface area (Å²) in [6.45, 7) is -0.377. The molecule has 18 rings (SSSR count). The van der Waals surface area contributed by atoms with E-state index in [1.54, 1.807) is 0 Å². The number of ether oxygens (including phenoxy) is 1. The van der Waals surface area contributed by atoms with Crippen LogP contribution in [0.3, 0.4) is 0 Å². The number of nitrogens with zero attached hydrogens (tertiary/aromatic N) is 5. The molecule has 4 aliphatic rings. The van der Waals surface area contributed by atoms with Gasteiger partial charge in [0.1, 0.15) is 11.5 Å². The minimum absolute atomic E-state index is 0.181. The van der Waals surface area contributed by atoms with Gasteiger partial charge in [0, 0.05) is 79.8 Å². The van der Waals surface area contributed by atoms with Crippen LogP contribution in [0, 0.1) is 0 Å². The van der Waals surface area contributed by atoms with E-state index in [0.29, 0.717) is 0 Å². The van der Waals surface area contributed by atoms with E-state index in [-0.39, 0.29) is 13.4 Å². The fraction of sp³-hybridized carbons (Fsp3) is 0. The highest BCUT2D eigenvalue weighted by atomic mass is 16.5. The van der Waals surface area contributed by atoms with Crippen molar-refractivity contribution in [3.05, 3.63) is 346 Å². The van der Waals surface area contributed by atoms with Gasteiger partial charge in [0.25, 0.3) is 13.4 Å². The van der Waals surface area contributed by atoms with Gasteiger partial charge >= 0.3 is 0 Å². The molecule has 0 unspecified atom stereocenters. The Kier molecular flexibility index (Phi) is 12.7. The van der Waals surface area contributed by atoms with E-state index < -0.39 is 0 Å². The Morgan fingerprint density at radius 2 is 0.609 bits per heavy atom. The van der Waals surface area contributed by atoms with E-state index >= 15 is 0 Å². The lowest BCUT2D eigenvalue weighted by atomic mass is 9.30. The maximum atomic E-state index is 7.36. The number of rotatable bonds is 11. The Hall–Kier alpha value is -12.0. The molecular formula is C84H57B2N5O. The zero-order valence-electron chi connectivity index (χ0n) is 50.2. The molecule has 4 aliphatic heterocycles.